The van der Waals surface area contributed by atoms with Crippen LogP contribution in [-0.4, -0.2) is 14.9 Å². The highest BCUT2D eigenvalue weighted by molar-refractivity contribution is 9.10. The number of fused-ring (bicyclic) bond motifs is 1. The number of hydrogen-bond acceptors (Lipinski definition) is 3. The van der Waals surface area contributed by atoms with Gasteiger partial charge in [0.15, 0.2) is 5.52 Å². The van der Waals surface area contributed by atoms with Crippen molar-refractivity contribution in [3.63, 3.8) is 0 Å². The lowest BCUT2D eigenvalue weighted by Gasteiger charge is -2.00. The van der Waals surface area contributed by atoms with Crippen molar-refractivity contribution in [1.29, 1.82) is 0 Å². The third-order valence-corrected chi connectivity index (χ3v) is 3.22. The van der Waals surface area contributed by atoms with Crippen LogP contribution in [0.4, 0.5) is 18.9 Å². The van der Waals surface area contributed by atoms with E-state index in [1.54, 1.807) is 0 Å². The van der Waals surface area contributed by atoms with Gasteiger partial charge in [-0.1, -0.05) is 15.9 Å². The highest BCUT2D eigenvalue weighted by Crippen LogP contribution is 2.36. The van der Waals surface area contributed by atoms with Crippen LogP contribution >= 0.6 is 15.9 Å². The van der Waals surface area contributed by atoms with Crippen LogP contribution in [0.15, 0.2) is 10.5 Å². The fraction of sp³-hybridized carbons (Fsp3) is 0.222. The normalized spacial score (nSPS) is 12.1. The molecule has 2 aromatic rings. The maximum absolute atomic E-state index is 12.5. The topological polar surface area (TPSA) is 71.8 Å². The van der Waals surface area contributed by atoms with Crippen LogP contribution in [0, 0.1) is 17.0 Å². The molecule has 0 atom stereocenters. The number of aromatic nitrogens is 2. The van der Waals surface area contributed by atoms with E-state index in [2.05, 4.69) is 20.9 Å². The molecule has 0 saturated heterocycles. The van der Waals surface area contributed by atoms with E-state index in [1.165, 1.54) is 13.0 Å². The Morgan fingerprint density at radius 1 is 1.50 bits per heavy atom. The van der Waals surface area contributed by atoms with Gasteiger partial charge in [-0.3, -0.25) is 10.1 Å². The zero-order valence-electron chi connectivity index (χ0n) is 8.80. The quantitative estimate of drug-likeness (QED) is 0.644. The highest BCUT2D eigenvalue weighted by atomic mass is 79.9. The first-order chi connectivity index (χ1) is 8.21. The smallest absolute Gasteiger partial charge is 0.334 e. The van der Waals surface area contributed by atoms with E-state index >= 15 is 0 Å². The fourth-order valence-electron chi connectivity index (χ4n) is 1.56. The molecule has 0 saturated carbocycles. The van der Waals surface area contributed by atoms with Gasteiger partial charge in [-0.15, -0.1) is 0 Å². The summed E-state index contributed by atoms with van der Waals surface area (Å²) in [5, 5.41) is 10.9. The molecule has 18 heavy (non-hydrogen) atoms. The first-order valence-electron chi connectivity index (χ1n) is 4.62. The Bertz CT molecular complexity index is 651. The summed E-state index contributed by atoms with van der Waals surface area (Å²) in [5.41, 5.74) is -0.543. The molecule has 0 aliphatic rings. The maximum Gasteiger partial charge on any atom is 0.449 e. The molecule has 0 radical (unpaired) electrons. The summed E-state index contributed by atoms with van der Waals surface area (Å²) in [6, 6.07) is 1.33. The predicted octanol–water partition coefficient (Wildman–Crippen LogP) is 3.56. The third-order valence-electron chi connectivity index (χ3n) is 2.39. The van der Waals surface area contributed by atoms with Crippen LogP contribution in [0.25, 0.3) is 11.0 Å². The minimum Gasteiger partial charge on any atom is -0.334 e. The molecular formula is C9H5BrF3N3O2. The summed E-state index contributed by atoms with van der Waals surface area (Å²) in [4.78, 5) is 15.4. The van der Waals surface area contributed by atoms with Gasteiger partial charge in [-0.05, 0) is 13.0 Å². The summed E-state index contributed by atoms with van der Waals surface area (Å²) in [6.07, 6.45) is -4.67. The van der Waals surface area contributed by atoms with Gasteiger partial charge in [-0.25, -0.2) is 4.98 Å². The summed E-state index contributed by atoms with van der Waals surface area (Å²) < 4.78 is 37.8. The summed E-state index contributed by atoms with van der Waals surface area (Å²) in [7, 11) is 0. The molecule has 1 heterocycles. The minimum atomic E-state index is -4.67. The average molecular weight is 324 g/mol. The molecule has 0 unspecified atom stereocenters. The minimum absolute atomic E-state index is 0.0356. The van der Waals surface area contributed by atoms with Crippen molar-refractivity contribution in [3.8, 4) is 0 Å². The number of imidazole rings is 1. The number of rotatable bonds is 1. The molecule has 1 aromatic heterocycles. The second-order valence-corrected chi connectivity index (χ2v) is 4.42. The van der Waals surface area contributed by atoms with Gasteiger partial charge in [0.2, 0.25) is 5.82 Å². The number of alkyl halides is 3. The lowest BCUT2D eigenvalue weighted by Crippen LogP contribution is -2.06. The SMILES string of the molecule is Cc1c(Br)cc2[nH]c(C(F)(F)F)nc2c1[N+](=O)[O-]. The Hall–Kier alpha value is -1.64. The van der Waals surface area contributed by atoms with Gasteiger partial charge in [0, 0.05) is 10.0 Å². The molecule has 0 amide bonds. The standard InChI is InChI=1S/C9H5BrF3N3O2/c1-3-4(10)2-5-6(7(3)16(17)18)15-8(14-5)9(11,12)13/h2H,1H3,(H,14,15). The van der Waals surface area contributed by atoms with E-state index in [0.29, 0.717) is 4.47 Å². The van der Waals surface area contributed by atoms with E-state index < -0.39 is 22.6 Å². The van der Waals surface area contributed by atoms with Gasteiger partial charge < -0.3 is 4.98 Å². The number of nitro groups is 1. The van der Waals surface area contributed by atoms with Crippen LogP contribution < -0.4 is 0 Å². The molecule has 96 valence electrons. The van der Waals surface area contributed by atoms with Crippen molar-refractivity contribution < 1.29 is 18.1 Å². The molecule has 5 nitrogen and oxygen atoms in total. The second kappa shape index (κ2) is 3.94. The number of nitrogens with one attached hydrogen (secondary N) is 1. The number of nitro benzene ring substituents is 1. The molecule has 0 fully saturated rings. The van der Waals surface area contributed by atoms with Crippen molar-refractivity contribution >= 4 is 32.7 Å². The lowest BCUT2D eigenvalue weighted by molar-refractivity contribution is -0.383. The van der Waals surface area contributed by atoms with E-state index in [9.17, 15) is 23.3 Å². The van der Waals surface area contributed by atoms with E-state index in [4.69, 9.17) is 0 Å². The zero-order chi connectivity index (χ0) is 13.7. The fourth-order valence-corrected chi connectivity index (χ4v) is 1.97. The van der Waals surface area contributed by atoms with Crippen LogP contribution in [0.1, 0.15) is 11.4 Å². The number of halogens is 4. The Labute approximate surface area is 106 Å². The van der Waals surface area contributed by atoms with Crippen LogP contribution in [0.5, 0.6) is 0 Å². The molecular weight excluding hydrogens is 319 g/mol. The van der Waals surface area contributed by atoms with E-state index in [-0.39, 0.29) is 16.6 Å². The number of aromatic amines is 1. The Morgan fingerprint density at radius 3 is 2.61 bits per heavy atom. The molecule has 0 aliphatic heterocycles. The first kappa shape index (κ1) is 12.8. The Morgan fingerprint density at radius 2 is 2.11 bits per heavy atom. The molecule has 9 heteroatoms. The van der Waals surface area contributed by atoms with Crippen LogP contribution in [0.2, 0.25) is 0 Å². The van der Waals surface area contributed by atoms with Crippen LogP contribution in [0.3, 0.4) is 0 Å². The molecule has 2 rings (SSSR count). The van der Waals surface area contributed by atoms with Crippen molar-refractivity contribution in [2.75, 3.05) is 0 Å². The first-order valence-corrected chi connectivity index (χ1v) is 5.41. The number of benzene rings is 1. The summed E-state index contributed by atoms with van der Waals surface area (Å²) in [5.74, 6) is -1.25. The third kappa shape index (κ3) is 1.94. The number of nitrogens with zero attached hydrogens (tertiary/aromatic N) is 2. The molecule has 0 spiro atoms. The van der Waals surface area contributed by atoms with Gasteiger partial charge in [0.1, 0.15) is 0 Å². The Kier molecular flexibility index (Phi) is 2.80. The average Bonchev–Trinajstić information content (AvgIpc) is 2.61. The molecule has 0 bridgehead atoms. The van der Waals surface area contributed by atoms with Gasteiger partial charge in [0.25, 0.3) is 0 Å². The maximum atomic E-state index is 12.5. The van der Waals surface area contributed by atoms with Crippen molar-refractivity contribution in [3.05, 3.63) is 32.0 Å². The van der Waals surface area contributed by atoms with Crippen molar-refractivity contribution in [1.82, 2.24) is 9.97 Å². The lowest BCUT2D eigenvalue weighted by atomic mass is 10.2. The predicted molar refractivity (Wildman–Crippen MR) is 60.2 cm³/mol. The summed E-state index contributed by atoms with van der Waals surface area (Å²) >= 11 is 3.06. The van der Waals surface area contributed by atoms with Crippen molar-refractivity contribution in [2.45, 2.75) is 13.1 Å². The van der Waals surface area contributed by atoms with E-state index in [1.807, 2.05) is 4.98 Å². The van der Waals surface area contributed by atoms with Crippen molar-refractivity contribution in [2.24, 2.45) is 0 Å². The Balaban J connectivity index is 2.84. The summed E-state index contributed by atoms with van der Waals surface area (Å²) in [6.45, 7) is 1.43. The second-order valence-electron chi connectivity index (χ2n) is 3.57. The van der Waals surface area contributed by atoms with Gasteiger partial charge in [-0.2, -0.15) is 13.2 Å². The van der Waals surface area contributed by atoms with Crippen LogP contribution in [-0.2, 0) is 6.18 Å². The zero-order valence-corrected chi connectivity index (χ0v) is 10.4. The number of hydrogen-bond donors (Lipinski definition) is 1. The highest BCUT2D eigenvalue weighted by Gasteiger charge is 2.36. The monoisotopic (exact) mass is 323 g/mol. The molecule has 1 aromatic carbocycles. The largest absolute Gasteiger partial charge is 0.449 e. The van der Waals surface area contributed by atoms with E-state index in [0.717, 1.165) is 0 Å². The van der Waals surface area contributed by atoms with Gasteiger partial charge in [0.05, 0.1) is 10.4 Å². The molecule has 0 aliphatic carbocycles. The van der Waals surface area contributed by atoms with Gasteiger partial charge >= 0.3 is 11.9 Å². The number of H-pyrrole nitrogens is 1. The molecule has 1 N–H and O–H groups in total.